The lowest BCUT2D eigenvalue weighted by Crippen LogP contribution is -2.36. The van der Waals surface area contributed by atoms with Crippen LogP contribution in [0, 0.1) is 0 Å². The predicted molar refractivity (Wildman–Crippen MR) is 93.6 cm³/mol. The highest BCUT2D eigenvalue weighted by Gasteiger charge is 2.16. The monoisotopic (exact) mass is 369 g/mol. The van der Waals surface area contributed by atoms with Crippen LogP contribution in [0.2, 0.25) is 0 Å². The van der Waals surface area contributed by atoms with E-state index in [1.54, 1.807) is 0 Å². The van der Waals surface area contributed by atoms with Crippen molar-refractivity contribution in [2.75, 3.05) is 25.0 Å². The van der Waals surface area contributed by atoms with Crippen LogP contribution in [0.3, 0.4) is 0 Å². The third-order valence-corrected chi connectivity index (χ3v) is 4.32. The van der Waals surface area contributed by atoms with Crippen molar-refractivity contribution in [3.05, 3.63) is 28.2 Å². The Hall–Kier alpha value is -1.14. The molecular formula is C15H20BrN3OS. The first-order valence-corrected chi connectivity index (χ1v) is 8.39. The molecule has 0 bridgehead atoms. The van der Waals surface area contributed by atoms with Crippen LogP contribution in [-0.4, -0.2) is 35.4 Å². The van der Waals surface area contributed by atoms with E-state index in [-0.39, 0.29) is 5.91 Å². The molecule has 1 aromatic carbocycles. The van der Waals surface area contributed by atoms with Gasteiger partial charge in [0.25, 0.3) is 0 Å². The molecule has 2 rings (SSSR count). The fourth-order valence-corrected chi connectivity index (χ4v) is 3.01. The number of rotatable bonds is 5. The molecule has 0 aliphatic carbocycles. The highest BCUT2D eigenvalue weighted by molar-refractivity contribution is 9.10. The van der Waals surface area contributed by atoms with E-state index in [1.807, 2.05) is 23.1 Å². The predicted octanol–water partition coefficient (Wildman–Crippen LogP) is 2.90. The SMILES string of the molecule is NC(=S)c1cc(Br)ccc1NCCC(=O)N1CCCCC1. The lowest BCUT2D eigenvalue weighted by atomic mass is 10.1. The molecule has 6 heteroatoms. The van der Waals surface area contributed by atoms with Gasteiger partial charge in [-0.1, -0.05) is 28.1 Å². The number of anilines is 1. The Kier molecular flexibility index (Phi) is 5.99. The summed E-state index contributed by atoms with van der Waals surface area (Å²) in [5.74, 6) is 0.219. The Labute approximate surface area is 139 Å². The normalized spacial score (nSPS) is 14.8. The number of benzene rings is 1. The topological polar surface area (TPSA) is 58.4 Å². The molecule has 1 saturated heterocycles. The first kappa shape index (κ1) is 16.2. The second-order valence-corrected chi connectivity index (χ2v) is 6.53. The summed E-state index contributed by atoms with van der Waals surface area (Å²) in [6.45, 7) is 2.39. The Bertz CT molecular complexity index is 530. The maximum atomic E-state index is 12.1. The second kappa shape index (κ2) is 7.75. The van der Waals surface area contributed by atoms with Crippen molar-refractivity contribution in [2.45, 2.75) is 25.7 Å². The van der Waals surface area contributed by atoms with Crippen molar-refractivity contribution in [1.82, 2.24) is 4.90 Å². The van der Waals surface area contributed by atoms with Gasteiger partial charge in [0, 0.05) is 41.8 Å². The van der Waals surface area contributed by atoms with Gasteiger partial charge in [0.1, 0.15) is 4.99 Å². The van der Waals surface area contributed by atoms with E-state index in [4.69, 9.17) is 18.0 Å². The van der Waals surface area contributed by atoms with E-state index >= 15 is 0 Å². The molecule has 0 radical (unpaired) electrons. The van der Waals surface area contributed by atoms with Gasteiger partial charge in [0.15, 0.2) is 0 Å². The zero-order chi connectivity index (χ0) is 15.2. The molecule has 1 aliphatic heterocycles. The standard InChI is InChI=1S/C15H20BrN3OS/c16-11-4-5-13(12(10-11)15(17)21)18-7-6-14(20)19-8-2-1-3-9-19/h4-5,10,18H,1-3,6-9H2,(H2,17,21). The van der Waals surface area contributed by atoms with Crippen molar-refractivity contribution in [3.8, 4) is 0 Å². The summed E-state index contributed by atoms with van der Waals surface area (Å²) in [6, 6.07) is 5.73. The summed E-state index contributed by atoms with van der Waals surface area (Å²) in [5, 5.41) is 3.26. The number of halogens is 1. The first-order valence-electron chi connectivity index (χ1n) is 7.19. The average Bonchev–Trinajstić information content (AvgIpc) is 2.49. The minimum absolute atomic E-state index is 0.219. The van der Waals surface area contributed by atoms with E-state index in [0.717, 1.165) is 41.7 Å². The molecule has 0 aromatic heterocycles. The highest BCUT2D eigenvalue weighted by atomic mass is 79.9. The van der Waals surface area contributed by atoms with Crippen LogP contribution < -0.4 is 11.1 Å². The minimum atomic E-state index is 0.219. The Morgan fingerprint density at radius 1 is 1.33 bits per heavy atom. The van der Waals surface area contributed by atoms with Crippen LogP contribution in [0.15, 0.2) is 22.7 Å². The number of hydrogen-bond donors (Lipinski definition) is 2. The summed E-state index contributed by atoms with van der Waals surface area (Å²) < 4.78 is 0.931. The van der Waals surface area contributed by atoms with Gasteiger partial charge in [-0.15, -0.1) is 0 Å². The number of hydrogen-bond acceptors (Lipinski definition) is 3. The van der Waals surface area contributed by atoms with Crippen molar-refractivity contribution in [2.24, 2.45) is 5.73 Å². The third kappa shape index (κ3) is 4.68. The number of carbonyl (C=O) groups excluding carboxylic acids is 1. The maximum Gasteiger partial charge on any atom is 0.224 e. The number of nitrogens with one attached hydrogen (secondary N) is 1. The zero-order valence-corrected chi connectivity index (χ0v) is 14.3. The fraction of sp³-hybridized carbons (Fsp3) is 0.467. The number of nitrogens with two attached hydrogens (primary N) is 1. The minimum Gasteiger partial charge on any atom is -0.389 e. The van der Waals surface area contributed by atoms with Crippen molar-refractivity contribution in [3.63, 3.8) is 0 Å². The summed E-state index contributed by atoms with van der Waals surface area (Å²) in [4.78, 5) is 14.4. The van der Waals surface area contributed by atoms with Gasteiger partial charge in [-0.2, -0.15) is 0 Å². The molecule has 3 N–H and O–H groups in total. The van der Waals surface area contributed by atoms with E-state index in [0.29, 0.717) is 18.0 Å². The van der Waals surface area contributed by atoms with Crippen LogP contribution in [0.25, 0.3) is 0 Å². The lowest BCUT2D eigenvalue weighted by molar-refractivity contribution is -0.131. The molecule has 0 saturated carbocycles. The van der Waals surface area contributed by atoms with Crippen molar-refractivity contribution >= 4 is 44.7 Å². The van der Waals surface area contributed by atoms with Gasteiger partial charge >= 0.3 is 0 Å². The Morgan fingerprint density at radius 3 is 2.71 bits per heavy atom. The largest absolute Gasteiger partial charge is 0.389 e. The highest BCUT2D eigenvalue weighted by Crippen LogP contribution is 2.21. The Balaban J connectivity index is 1.88. The maximum absolute atomic E-state index is 12.1. The number of amides is 1. The molecule has 0 unspecified atom stereocenters. The number of nitrogens with zero attached hydrogens (tertiary/aromatic N) is 1. The summed E-state index contributed by atoms with van der Waals surface area (Å²) in [7, 11) is 0. The molecule has 1 aliphatic rings. The average molecular weight is 370 g/mol. The quantitative estimate of drug-likeness (QED) is 0.783. The molecule has 21 heavy (non-hydrogen) atoms. The molecule has 1 heterocycles. The van der Waals surface area contributed by atoms with Gasteiger partial charge < -0.3 is 16.0 Å². The van der Waals surface area contributed by atoms with Crippen LogP contribution in [-0.2, 0) is 4.79 Å². The fourth-order valence-electron chi connectivity index (χ4n) is 2.48. The summed E-state index contributed by atoms with van der Waals surface area (Å²) >= 11 is 8.46. The molecule has 114 valence electrons. The zero-order valence-electron chi connectivity index (χ0n) is 11.9. The van der Waals surface area contributed by atoms with Crippen molar-refractivity contribution in [1.29, 1.82) is 0 Å². The number of likely N-dealkylation sites (tertiary alicyclic amines) is 1. The van der Waals surface area contributed by atoms with Gasteiger partial charge in [-0.25, -0.2) is 0 Å². The number of thiocarbonyl (C=S) groups is 1. The van der Waals surface area contributed by atoms with Gasteiger partial charge in [-0.3, -0.25) is 4.79 Å². The molecule has 4 nitrogen and oxygen atoms in total. The summed E-state index contributed by atoms with van der Waals surface area (Å²) in [6.07, 6.45) is 3.97. The van der Waals surface area contributed by atoms with E-state index in [9.17, 15) is 4.79 Å². The molecule has 0 spiro atoms. The Morgan fingerprint density at radius 2 is 2.05 bits per heavy atom. The van der Waals surface area contributed by atoms with E-state index in [1.165, 1.54) is 6.42 Å². The van der Waals surface area contributed by atoms with Gasteiger partial charge in [0.05, 0.1) is 0 Å². The third-order valence-electron chi connectivity index (χ3n) is 3.61. The number of carbonyl (C=O) groups is 1. The number of piperidine rings is 1. The van der Waals surface area contributed by atoms with Crippen LogP contribution in [0.1, 0.15) is 31.2 Å². The first-order chi connectivity index (χ1) is 10.1. The molecule has 1 fully saturated rings. The lowest BCUT2D eigenvalue weighted by Gasteiger charge is -2.26. The van der Waals surface area contributed by atoms with E-state index < -0.39 is 0 Å². The van der Waals surface area contributed by atoms with Crippen LogP contribution in [0.5, 0.6) is 0 Å². The molecule has 0 atom stereocenters. The summed E-state index contributed by atoms with van der Waals surface area (Å²) in [5.41, 5.74) is 7.40. The van der Waals surface area contributed by atoms with Crippen molar-refractivity contribution < 1.29 is 4.79 Å². The van der Waals surface area contributed by atoms with Gasteiger partial charge in [0.2, 0.25) is 5.91 Å². The molecular weight excluding hydrogens is 350 g/mol. The molecule has 1 amide bonds. The smallest absolute Gasteiger partial charge is 0.224 e. The van der Waals surface area contributed by atoms with E-state index in [2.05, 4.69) is 21.2 Å². The van der Waals surface area contributed by atoms with Crippen LogP contribution >= 0.6 is 28.1 Å². The van der Waals surface area contributed by atoms with Gasteiger partial charge in [-0.05, 0) is 37.5 Å². The molecule has 1 aromatic rings. The second-order valence-electron chi connectivity index (χ2n) is 5.17. The van der Waals surface area contributed by atoms with Crippen LogP contribution in [0.4, 0.5) is 5.69 Å².